The summed E-state index contributed by atoms with van der Waals surface area (Å²) in [5.41, 5.74) is 2.11. The summed E-state index contributed by atoms with van der Waals surface area (Å²) in [6.45, 7) is 2.50. The first-order valence-corrected chi connectivity index (χ1v) is 9.77. The van der Waals surface area contributed by atoms with Gasteiger partial charge in [-0.1, -0.05) is 29.8 Å². The molecule has 3 heterocycles. The topological polar surface area (TPSA) is 72.1 Å². The van der Waals surface area contributed by atoms with E-state index in [0.717, 1.165) is 36.3 Å². The number of amides is 1. The van der Waals surface area contributed by atoms with E-state index in [-0.39, 0.29) is 11.9 Å². The molecule has 3 aromatic rings. The van der Waals surface area contributed by atoms with Gasteiger partial charge in [-0.25, -0.2) is 9.97 Å². The fraction of sp³-hybridized carbons (Fsp3) is 0.333. The summed E-state index contributed by atoms with van der Waals surface area (Å²) in [6, 6.07) is 7.49. The highest BCUT2D eigenvalue weighted by atomic mass is 35.5. The summed E-state index contributed by atoms with van der Waals surface area (Å²) in [5.74, 6) is 1.16. The quantitative estimate of drug-likeness (QED) is 0.654. The van der Waals surface area contributed by atoms with Crippen LogP contribution in [0.5, 0.6) is 0 Å². The van der Waals surface area contributed by atoms with Crippen LogP contribution >= 0.6 is 11.6 Å². The van der Waals surface area contributed by atoms with E-state index in [1.165, 1.54) is 6.20 Å². The number of benzene rings is 1. The van der Waals surface area contributed by atoms with Gasteiger partial charge in [0.05, 0.1) is 18.1 Å². The van der Waals surface area contributed by atoms with Crippen molar-refractivity contribution in [1.29, 1.82) is 0 Å². The summed E-state index contributed by atoms with van der Waals surface area (Å²) in [5, 5.41) is 0.702. The fourth-order valence-electron chi connectivity index (χ4n) is 3.47. The van der Waals surface area contributed by atoms with Crippen molar-refractivity contribution in [1.82, 2.24) is 19.9 Å². The van der Waals surface area contributed by atoms with E-state index in [1.807, 2.05) is 31.2 Å². The Morgan fingerprint density at radius 1 is 1.18 bits per heavy atom. The molecule has 0 spiro atoms. The van der Waals surface area contributed by atoms with Gasteiger partial charge in [-0.3, -0.25) is 9.78 Å². The van der Waals surface area contributed by atoms with Crippen molar-refractivity contribution in [3.8, 4) is 0 Å². The summed E-state index contributed by atoms with van der Waals surface area (Å²) in [6.07, 6.45) is 8.22. The zero-order chi connectivity index (χ0) is 19.5. The molecule has 1 aliphatic heterocycles. The lowest BCUT2D eigenvalue weighted by Crippen LogP contribution is -2.39. The lowest BCUT2D eigenvalue weighted by atomic mass is 10.0. The zero-order valence-electron chi connectivity index (χ0n) is 15.6. The lowest BCUT2D eigenvalue weighted by Gasteiger charge is -2.33. The number of hydrogen-bond donors (Lipinski definition) is 0. The van der Waals surface area contributed by atoms with Gasteiger partial charge in [-0.05, 0) is 37.8 Å². The van der Waals surface area contributed by atoms with Gasteiger partial charge >= 0.3 is 0 Å². The van der Waals surface area contributed by atoms with Crippen LogP contribution in [0.2, 0.25) is 5.02 Å². The van der Waals surface area contributed by atoms with Crippen molar-refractivity contribution in [3.05, 3.63) is 76.5 Å². The molecular formula is C21H21ClN4O2. The number of halogens is 1. The van der Waals surface area contributed by atoms with Crippen LogP contribution in [0.1, 0.15) is 58.7 Å². The van der Waals surface area contributed by atoms with Crippen molar-refractivity contribution >= 4 is 17.5 Å². The molecule has 0 bridgehead atoms. The number of carbonyl (C=O) groups excluding carboxylic acids is 1. The number of oxazole rings is 1. The molecule has 1 atom stereocenters. The predicted molar refractivity (Wildman–Crippen MR) is 105 cm³/mol. The number of nitrogens with zero attached hydrogens (tertiary/aromatic N) is 4. The van der Waals surface area contributed by atoms with Gasteiger partial charge in [0.1, 0.15) is 17.5 Å². The first-order chi connectivity index (χ1) is 13.6. The van der Waals surface area contributed by atoms with Crippen LogP contribution in [0.15, 0.2) is 47.3 Å². The third-order valence-electron chi connectivity index (χ3n) is 4.94. The maximum Gasteiger partial charge on any atom is 0.274 e. The third-order valence-corrected chi connectivity index (χ3v) is 5.31. The second-order valence-corrected chi connectivity index (χ2v) is 7.39. The van der Waals surface area contributed by atoms with E-state index < -0.39 is 0 Å². The zero-order valence-corrected chi connectivity index (χ0v) is 16.4. The van der Waals surface area contributed by atoms with Crippen LogP contribution in [0.4, 0.5) is 0 Å². The Kier molecular flexibility index (Phi) is 5.39. The molecule has 1 saturated heterocycles. The van der Waals surface area contributed by atoms with Gasteiger partial charge in [0.2, 0.25) is 5.89 Å². The molecule has 0 aliphatic carbocycles. The minimum Gasteiger partial charge on any atom is -0.443 e. The number of aryl methyl sites for hydroxylation is 1. The Bertz CT molecular complexity index is 971. The SMILES string of the molecule is Cc1cnc(C(=O)N2CCCCC2c2ncc(Cc3ccccc3Cl)o2)cn1. The van der Waals surface area contributed by atoms with Crippen LogP contribution in [-0.2, 0) is 6.42 Å². The Balaban J connectivity index is 1.55. The van der Waals surface area contributed by atoms with E-state index in [9.17, 15) is 4.79 Å². The first kappa shape index (κ1) is 18.6. The molecular weight excluding hydrogens is 376 g/mol. The van der Waals surface area contributed by atoms with Crippen LogP contribution in [0.25, 0.3) is 0 Å². The fourth-order valence-corrected chi connectivity index (χ4v) is 3.67. The number of carbonyl (C=O) groups is 1. The summed E-state index contributed by atoms with van der Waals surface area (Å²) >= 11 is 6.25. The Labute approximate surface area is 168 Å². The molecule has 1 aromatic carbocycles. The summed E-state index contributed by atoms with van der Waals surface area (Å²) in [7, 11) is 0. The maximum absolute atomic E-state index is 13.0. The molecule has 0 N–H and O–H groups in total. The van der Waals surface area contributed by atoms with Crippen LogP contribution in [-0.4, -0.2) is 32.3 Å². The van der Waals surface area contributed by atoms with E-state index in [1.54, 1.807) is 17.3 Å². The van der Waals surface area contributed by atoms with Gasteiger partial charge in [0.25, 0.3) is 5.91 Å². The highest BCUT2D eigenvalue weighted by Gasteiger charge is 2.32. The molecule has 2 aromatic heterocycles. The normalized spacial score (nSPS) is 16.9. The lowest BCUT2D eigenvalue weighted by molar-refractivity contribution is 0.0563. The molecule has 7 heteroatoms. The van der Waals surface area contributed by atoms with E-state index in [0.29, 0.717) is 29.6 Å². The highest BCUT2D eigenvalue weighted by Crippen LogP contribution is 2.32. The highest BCUT2D eigenvalue weighted by molar-refractivity contribution is 6.31. The molecule has 1 unspecified atom stereocenters. The largest absolute Gasteiger partial charge is 0.443 e. The standard InChI is InChI=1S/C21H21ClN4O2/c1-14-11-24-18(13-23-14)21(27)26-9-5-4-8-19(26)20-25-12-16(28-20)10-15-6-2-3-7-17(15)22/h2-3,6-7,11-13,19H,4-5,8-10H2,1H3. The van der Waals surface area contributed by atoms with Crippen LogP contribution in [0, 0.1) is 6.92 Å². The minimum absolute atomic E-state index is 0.136. The smallest absolute Gasteiger partial charge is 0.274 e. The number of rotatable bonds is 4. The van der Waals surface area contributed by atoms with Gasteiger partial charge in [0.15, 0.2) is 0 Å². The van der Waals surface area contributed by atoms with Crippen molar-refractivity contribution < 1.29 is 9.21 Å². The molecule has 144 valence electrons. The van der Waals surface area contributed by atoms with Crippen molar-refractivity contribution in [2.45, 2.75) is 38.6 Å². The number of hydrogen-bond acceptors (Lipinski definition) is 5. The maximum atomic E-state index is 13.0. The Morgan fingerprint density at radius 3 is 2.82 bits per heavy atom. The van der Waals surface area contributed by atoms with E-state index in [2.05, 4.69) is 15.0 Å². The molecule has 1 amide bonds. The van der Waals surface area contributed by atoms with Crippen LogP contribution in [0.3, 0.4) is 0 Å². The van der Waals surface area contributed by atoms with Gasteiger partial charge in [-0.15, -0.1) is 0 Å². The number of likely N-dealkylation sites (tertiary alicyclic amines) is 1. The van der Waals surface area contributed by atoms with Gasteiger partial charge in [-0.2, -0.15) is 0 Å². The third kappa shape index (κ3) is 3.92. The summed E-state index contributed by atoms with van der Waals surface area (Å²) < 4.78 is 6.02. The molecule has 6 nitrogen and oxygen atoms in total. The Hall–Kier alpha value is -2.73. The molecule has 4 rings (SSSR count). The van der Waals surface area contributed by atoms with Gasteiger partial charge in [0, 0.05) is 24.2 Å². The van der Waals surface area contributed by atoms with Crippen molar-refractivity contribution in [2.75, 3.05) is 6.54 Å². The van der Waals surface area contributed by atoms with E-state index >= 15 is 0 Å². The van der Waals surface area contributed by atoms with E-state index in [4.69, 9.17) is 16.0 Å². The number of piperidine rings is 1. The molecule has 0 radical (unpaired) electrons. The van der Waals surface area contributed by atoms with Crippen LogP contribution < -0.4 is 0 Å². The monoisotopic (exact) mass is 396 g/mol. The Morgan fingerprint density at radius 2 is 2.04 bits per heavy atom. The summed E-state index contributed by atoms with van der Waals surface area (Å²) in [4.78, 5) is 27.7. The molecule has 1 fully saturated rings. The average Bonchev–Trinajstić information content (AvgIpc) is 3.18. The van der Waals surface area contributed by atoms with Crippen molar-refractivity contribution in [3.63, 3.8) is 0 Å². The molecule has 0 saturated carbocycles. The minimum atomic E-state index is -0.190. The molecule has 1 aliphatic rings. The second kappa shape index (κ2) is 8.10. The molecule has 28 heavy (non-hydrogen) atoms. The van der Waals surface area contributed by atoms with Crippen molar-refractivity contribution in [2.24, 2.45) is 0 Å². The first-order valence-electron chi connectivity index (χ1n) is 9.39. The predicted octanol–water partition coefficient (Wildman–Crippen LogP) is 4.38. The average molecular weight is 397 g/mol. The van der Waals surface area contributed by atoms with Gasteiger partial charge < -0.3 is 9.32 Å². The second-order valence-electron chi connectivity index (χ2n) is 6.99. The number of aromatic nitrogens is 3.